The topological polar surface area (TPSA) is 89.7 Å². The number of ether oxygens (including phenoxy) is 1. The second-order valence-corrected chi connectivity index (χ2v) is 3.32. The molecule has 0 aliphatic rings. The van der Waals surface area contributed by atoms with Gasteiger partial charge in [-0.3, -0.25) is 10.1 Å². The molecule has 0 aromatic heterocycles. The lowest BCUT2D eigenvalue weighted by Gasteiger charge is -2.11. The molecule has 0 amide bonds. The summed E-state index contributed by atoms with van der Waals surface area (Å²) in [4.78, 5) is 20.4. The van der Waals surface area contributed by atoms with Gasteiger partial charge in [0.25, 0.3) is 5.69 Å². The fraction of sp³-hybridized carbons (Fsp3) is 0.222. The number of hydrogen-bond donors (Lipinski definition) is 1. The van der Waals surface area contributed by atoms with Crippen LogP contribution >= 0.6 is 11.6 Å². The predicted octanol–water partition coefficient (Wildman–Crippen LogP) is 2.10. The molecule has 0 saturated heterocycles. The van der Waals surface area contributed by atoms with Crippen LogP contribution in [0, 0.1) is 10.1 Å². The zero-order chi connectivity index (χ0) is 12.3. The van der Waals surface area contributed by atoms with E-state index < -0.39 is 17.0 Å². The summed E-state index contributed by atoms with van der Waals surface area (Å²) in [6.07, 6.45) is -1.13. The van der Waals surface area contributed by atoms with Crippen molar-refractivity contribution in [3.8, 4) is 5.75 Å². The van der Waals surface area contributed by atoms with Crippen LogP contribution in [0.3, 0.4) is 0 Å². The Kier molecular flexibility index (Phi) is 3.68. The van der Waals surface area contributed by atoms with Gasteiger partial charge in [-0.15, -0.1) is 0 Å². The van der Waals surface area contributed by atoms with Gasteiger partial charge in [0.1, 0.15) is 5.75 Å². The number of carbonyl (C=O) groups is 1. The molecule has 6 nitrogen and oxygen atoms in total. The highest BCUT2D eigenvalue weighted by Crippen LogP contribution is 2.33. The number of aliphatic carboxylic acids is 1. The van der Waals surface area contributed by atoms with Crippen molar-refractivity contribution in [1.82, 2.24) is 0 Å². The first-order valence-electron chi connectivity index (χ1n) is 4.26. The first-order chi connectivity index (χ1) is 7.43. The van der Waals surface area contributed by atoms with Crippen LogP contribution in [0.1, 0.15) is 6.92 Å². The Balaban J connectivity index is 3.02. The minimum absolute atomic E-state index is 0.0224. The number of hydrogen-bond acceptors (Lipinski definition) is 4. The number of nitro benzene ring substituents is 1. The summed E-state index contributed by atoms with van der Waals surface area (Å²) in [6, 6.07) is 3.95. The molecule has 7 heteroatoms. The van der Waals surface area contributed by atoms with Crippen molar-refractivity contribution in [3.63, 3.8) is 0 Å². The number of carboxylic acids is 1. The number of nitrogens with zero attached hydrogens (tertiary/aromatic N) is 1. The van der Waals surface area contributed by atoms with Crippen molar-refractivity contribution >= 4 is 23.3 Å². The highest BCUT2D eigenvalue weighted by molar-refractivity contribution is 6.34. The van der Waals surface area contributed by atoms with Gasteiger partial charge in [0, 0.05) is 6.07 Å². The van der Waals surface area contributed by atoms with Crippen molar-refractivity contribution in [1.29, 1.82) is 0 Å². The molecule has 1 aromatic carbocycles. The Morgan fingerprint density at radius 1 is 1.62 bits per heavy atom. The minimum Gasteiger partial charge on any atom is -0.479 e. The van der Waals surface area contributed by atoms with E-state index in [1.54, 1.807) is 0 Å². The average molecular weight is 246 g/mol. The van der Waals surface area contributed by atoms with Crippen LogP contribution in [-0.2, 0) is 4.79 Å². The molecule has 86 valence electrons. The molecule has 0 heterocycles. The molecule has 16 heavy (non-hydrogen) atoms. The second-order valence-electron chi connectivity index (χ2n) is 2.94. The van der Waals surface area contributed by atoms with Gasteiger partial charge in [-0.1, -0.05) is 17.7 Å². The van der Waals surface area contributed by atoms with Gasteiger partial charge in [-0.2, -0.15) is 0 Å². The molecule has 1 rings (SSSR count). The minimum atomic E-state index is -1.18. The molecular weight excluding hydrogens is 238 g/mol. The average Bonchev–Trinajstić information content (AvgIpc) is 2.20. The first kappa shape index (κ1) is 12.3. The third-order valence-corrected chi connectivity index (χ3v) is 2.17. The van der Waals surface area contributed by atoms with Crippen LogP contribution in [0.25, 0.3) is 0 Å². The number of nitro groups is 1. The van der Waals surface area contributed by atoms with Crippen LogP contribution in [0.4, 0.5) is 5.69 Å². The molecule has 0 spiro atoms. The third kappa shape index (κ3) is 2.60. The van der Waals surface area contributed by atoms with Crippen molar-refractivity contribution in [3.05, 3.63) is 33.3 Å². The third-order valence-electron chi connectivity index (χ3n) is 1.79. The second kappa shape index (κ2) is 4.80. The van der Waals surface area contributed by atoms with Crippen molar-refractivity contribution < 1.29 is 19.6 Å². The monoisotopic (exact) mass is 245 g/mol. The SMILES string of the molecule is CC(Oc1cccc([N+](=O)[O-])c1Cl)C(=O)O. The highest BCUT2D eigenvalue weighted by atomic mass is 35.5. The molecule has 1 atom stereocenters. The van der Waals surface area contributed by atoms with Gasteiger partial charge in [0.05, 0.1) is 4.92 Å². The maximum atomic E-state index is 10.5. The van der Waals surface area contributed by atoms with E-state index in [1.807, 2.05) is 0 Å². The van der Waals surface area contributed by atoms with Crippen LogP contribution in [-0.4, -0.2) is 22.1 Å². The van der Waals surface area contributed by atoms with Crippen molar-refractivity contribution in [2.24, 2.45) is 0 Å². The van der Waals surface area contributed by atoms with Gasteiger partial charge in [-0.25, -0.2) is 4.79 Å². The fourth-order valence-electron chi connectivity index (χ4n) is 0.972. The largest absolute Gasteiger partial charge is 0.479 e. The van der Waals surface area contributed by atoms with Gasteiger partial charge in [-0.05, 0) is 13.0 Å². The number of rotatable bonds is 4. The van der Waals surface area contributed by atoms with E-state index in [1.165, 1.54) is 25.1 Å². The summed E-state index contributed by atoms with van der Waals surface area (Å²) in [6.45, 7) is 1.30. The molecule has 0 radical (unpaired) electrons. The Morgan fingerprint density at radius 2 is 2.25 bits per heavy atom. The summed E-state index contributed by atoms with van der Waals surface area (Å²) in [5, 5.41) is 18.9. The van der Waals surface area contributed by atoms with Crippen molar-refractivity contribution in [2.45, 2.75) is 13.0 Å². The quantitative estimate of drug-likeness (QED) is 0.648. The first-order valence-corrected chi connectivity index (χ1v) is 4.63. The Morgan fingerprint density at radius 3 is 2.75 bits per heavy atom. The van der Waals surface area contributed by atoms with Gasteiger partial charge in [0.2, 0.25) is 0 Å². The maximum Gasteiger partial charge on any atom is 0.344 e. The van der Waals surface area contributed by atoms with Crippen molar-refractivity contribution in [2.75, 3.05) is 0 Å². The number of carboxylic acid groups (broad SMARTS) is 1. The molecular formula is C9H8ClNO5. The summed E-state index contributed by atoms with van der Waals surface area (Å²) in [7, 11) is 0. The maximum absolute atomic E-state index is 10.5. The van der Waals surface area contributed by atoms with E-state index in [-0.39, 0.29) is 16.5 Å². The molecule has 1 aromatic rings. The zero-order valence-electron chi connectivity index (χ0n) is 8.21. The van der Waals surface area contributed by atoms with E-state index in [4.69, 9.17) is 21.4 Å². The van der Waals surface area contributed by atoms with Crippen LogP contribution < -0.4 is 4.74 Å². The van der Waals surface area contributed by atoms with Gasteiger partial charge < -0.3 is 9.84 Å². The molecule has 1 N–H and O–H groups in total. The standard InChI is InChI=1S/C9H8ClNO5/c1-5(9(12)13)16-7-4-2-3-6(8(7)10)11(14)15/h2-5H,1H3,(H,12,13). The normalized spacial score (nSPS) is 11.9. The predicted molar refractivity (Wildman–Crippen MR) is 55.8 cm³/mol. The summed E-state index contributed by atoms with van der Waals surface area (Å²) in [5.41, 5.74) is -0.322. The smallest absolute Gasteiger partial charge is 0.344 e. The molecule has 0 aliphatic heterocycles. The number of benzene rings is 1. The van der Waals surface area contributed by atoms with E-state index in [9.17, 15) is 14.9 Å². The van der Waals surface area contributed by atoms with E-state index >= 15 is 0 Å². The van der Waals surface area contributed by atoms with Crippen LogP contribution in [0.5, 0.6) is 5.75 Å². The number of halogens is 1. The Labute approximate surface area is 95.6 Å². The zero-order valence-corrected chi connectivity index (χ0v) is 8.97. The molecule has 0 aliphatic carbocycles. The van der Waals surface area contributed by atoms with Crippen LogP contribution in [0.2, 0.25) is 5.02 Å². The lowest BCUT2D eigenvalue weighted by Crippen LogP contribution is -2.23. The lowest BCUT2D eigenvalue weighted by atomic mass is 10.3. The molecule has 1 unspecified atom stereocenters. The van der Waals surface area contributed by atoms with E-state index in [0.29, 0.717) is 0 Å². The summed E-state index contributed by atoms with van der Waals surface area (Å²) < 4.78 is 4.96. The lowest BCUT2D eigenvalue weighted by molar-refractivity contribution is -0.384. The van der Waals surface area contributed by atoms with Crippen LogP contribution in [0.15, 0.2) is 18.2 Å². The van der Waals surface area contributed by atoms with Gasteiger partial charge in [0.15, 0.2) is 11.1 Å². The van der Waals surface area contributed by atoms with Gasteiger partial charge >= 0.3 is 5.97 Å². The Bertz CT molecular complexity index is 434. The highest BCUT2D eigenvalue weighted by Gasteiger charge is 2.20. The Hall–Kier alpha value is -1.82. The molecule has 0 bridgehead atoms. The molecule has 0 saturated carbocycles. The fourth-order valence-corrected chi connectivity index (χ4v) is 1.21. The summed E-state index contributed by atoms with van der Waals surface area (Å²) >= 11 is 5.69. The molecule has 0 fully saturated rings. The van der Waals surface area contributed by atoms with E-state index in [0.717, 1.165) is 0 Å². The summed E-state index contributed by atoms with van der Waals surface area (Å²) in [5.74, 6) is -1.20. The van der Waals surface area contributed by atoms with E-state index in [2.05, 4.69) is 0 Å².